The Morgan fingerprint density at radius 3 is 2.61 bits per heavy atom. The van der Waals surface area contributed by atoms with Gasteiger partial charge in [0.25, 0.3) is 0 Å². The number of methoxy groups -OCH3 is 1. The highest BCUT2D eigenvalue weighted by atomic mass is 16.5. The Morgan fingerprint density at radius 2 is 1.94 bits per heavy atom. The maximum Gasteiger partial charge on any atom is 0.0731 e. The van der Waals surface area contributed by atoms with Crippen molar-refractivity contribution in [2.45, 2.75) is 64.5 Å². The highest BCUT2D eigenvalue weighted by Crippen LogP contribution is 2.29. The predicted octanol–water partition coefficient (Wildman–Crippen LogP) is 2.99. The molecule has 1 aliphatic carbocycles. The Balaban J connectivity index is 2.38. The lowest BCUT2D eigenvalue weighted by Crippen LogP contribution is -2.46. The van der Waals surface area contributed by atoms with E-state index < -0.39 is 0 Å². The second kappa shape index (κ2) is 9.76. The van der Waals surface area contributed by atoms with Crippen LogP contribution in [0.3, 0.4) is 0 Å². The first-order chi connectivity index (χ1) is 8.81. The second-order valence-corrected chi connectivity index (χ2v) is 5.43. The van der Waals surface area contributed by atoms with Gasteiger partial charge in [-0.15, -0.1) is 0 Å². The lowest BCUT2D eigenvalue weighted by molar-refractivity contribution is -0.0303. The number of nitrogens with one attached hydrogen (secondary N) is 1. The molecule has 0 spiro atoms. The Labute approximate surface area is 113 Å². The third-order valence-electron chi connectivity index (χ3n) is 3.87. The zero-order valence-electron chi connectivity index (χ0n) is 12.4. The van der Waals surface area contributed by atoms with E-state index in [0.717, 1.165) is 19.1 Å². The van der Waals surface area contributed by atoms with Crippen LogP contribution in [0.25, 0.3) is 0 Å². The summed E-state index contributed by atoms with van der Waals surface area (Å²) in [5, 5.41) is 3.65. The van der Waals surface area contributed by atoms with Crippen LogP contribution in [0.1, 0.15) is 52.4 Å². The number of ether oxygens (including phenoxy) is 2. The van der Waals surface area contributed by atoms with Crippen LogP contribution < -0.4 is 5.32 Å². The van der Waals surface area contributed by atoms with E-state index in [4.69, 9.17) is 9.47 Å². The molecule has 3 unspecified atom stereocenters. The molecule has 1 rings (SSSR count). The maximum absolute atomic E-state index is 6.02. The molecule has 1 aliphatic rings. The fourth-order valence-electron chi connectivity index (χ4n) is 2.91. The van der Waals surface area contributed by atoms with Crippen molar-refractivity contribution in [2.75, 3.05) is 26.9 Å². The van der Waals surface area contributed by atoms with Gasteiger partial charge in [0.2, 0.25) is 0 Å². The van der Waals surface area contributed by atoms with Gasteiger partial charge in [0.15, 0.2) is 0 Å². The Bertz CT molecular complexity index is 199. The first kappa shape index (κ1) is 15.9. The zero-order chi connectivity index (χ0) is 13.2. The third kappa shape index (κ3) is 5.68. The minimum Gasteiger partial charge on any atom is -0.382 e. The first-order valence-electron chi connectivity index (χ1n) is 7.65. The van der Waals surface area contributed by atoms with Crippen LogP contribution in [0.5, 0.6) is 0 Å². The maximum atomic E-state index is 6.02. The molecule has 0 aromatic rings. The normalized spacial score (nSPS) is 28.5. The van der Waals surface area contributed by atoms with E-state index in [9.17, 15) is 0 Å². The van der Waals surface area contributed by atoms with Crippen LogP contribution in [0.2, 0.25) is 0 Å². The molecule has 0 aromatic heterocycles. The highest BCUT2D eigenvalue weighted by Gasteiger charge is 2.30. The van der Waals surface area contributed by atoms with Gasteiger partial charge in [0, 0.05) is 13.2 Å². The summed E-state index contributed by atoms with van der Waals surface area (Å²) in [5.74, 6) is 0.863. The molecule has 0 radical (unpaired) electrons. The van der Waals surface area contributed by atoms with E-state index in [1.54, 1.807) is 7.11 Å². The summed E-state index contributed by atoms with van der Waals surface area (Å²) >= 11 is 0. The van der Waals surface area contributed by atoms with Crippen molar-refractivity contribution in [1.82, 2.24) is 5.32 Å². The molecule has 0 amide bonds. The third-order valence-corrected chi connectivity index (χ3v) is 3.87. The fourth-order valence-corrected chi connectivity index (χ4v) is 2.91. The van der Waals surface area contributed by atoms with E-state index >= 15 is 0 Å². The van der Waals surface area contributed by atoms with Crippen LogP contribution in [-0.4, -0.2) is 39.0 Å². The van der Waals surface area contributed by atoms with Gasteiger partial charge in [-0.2, -0.15) is 0 Å². The minimum atomic E-state index is 0.386. The Kier molecular flexibility index (Phi) is 8.64. The standard InChI is InChI=1S/C15H31NO2/c1-4-6-13-7-8-14(16-9-5-2)15(12-13)18-11-10-17-3/h13-16H,4-12H2,1-3H3. The van der Waals surface area contributed by atoms with Gasteiger partial charge in [-0.25, -0.2) is 0 Å². The van der Waals surface area contributed by atoms with Crippen molar-refractivity contribution < 1.29 is 9.47 Å². The molecule has 1 saturated carbocycles. The largest absolute Gasteiger partial charge is 0.382 e. The van der Waals surface area contributed by atoms with Crippen LogP contribution in [-0.2, 0) is 9.47 Å². The molecule has 0 saturated heterocycles. The topological polar surface area (TPSA) is 30.5 Å². The van der Waals surface area contributed by atoms with Crippen molar-refractivity contribution in [1.29, 1.82) is 0 Å². The molecule has 108 valence electrons. The summed E-state index contributed by atoms with van der Waals surface area (Å²) < 4.78 is 11.1. The Hall–Kier alpha value is -0.120. The number of hydrogen-bond acceptors (Lipinski definition) is 3. The first-order valence-corrected chi connectivity index (χ1v) is 7.65. The Morgan fingerprint density at radius 1 is 1.11 bits per heavy atom. The van der Waals surface area contributed by atoms with Crippen molar-refractivity contribution >= 4 is 0 Å². The van der Waals surface area contributed by atoms with Gasteiger partial charge < -0.3 is 14.8 Å². The van der Waals surface area contributed by atoms with E-state index in [-0.39, 0.29) is 0 Å². The predicted molar refractivity (Wildman–Crippen MR) is 75.9 cm³/mol. The van der Waals surface area contributed by atoms with Crippen molar-refractivity contribution in [2.24, 2.45) is 5.92 Å². The smallest absolute Gasteiger partial charge is 0.0731 e. The molecule has 3 nitrogen and oxygen atoms in total. The van der Waals surface area contributed by atoms with Gasteiger partial charge in [-0.1, -0.05) is 26.7 Å². The number of rotatable bonds is 9. The fraction of sp³-hybridized carbons (Fsp3) is 1.00. The van der Waals surface area contributed by atoms with Gasteiger partial charge >= 0.3 is 0 Å². The summed E-state index contributed by atoms with van der Waals surface area (Å²) in [6.07, 6.45) is 8.07. The van der Waals surface area contributed by atoms with Gasteiger partial charge in [0.1, 0.15) is 0 Å². The molecule has 3 heteroatoms. The van der Waals surface area contributed by atoms with Crippen molar-refractivity contribution in [3.8, 4) is 0 Å². The molecular weight excluding hydrogens is 226 g/mol. The van der Waals surface area contributed by atoms with E-state index in [1.807, 2.05) is 0 Å². The van der Waals surface area contributed by atoms with E-state index in [2.05, 4.69) is 19.2 Å². The summed E-state index contributed by atoms with van der Waals surface area (Å²) in [7, 11) is 1.73. The minimum absolute atomic E-state index is 0.386. The average Bonchev–Trinajstić information content (AvgIpc) is 2.38. The van der Waals surface area contributed by atoms with Crippen molar-refractivity contribution in [3.63, 3.8) is 0 Å². The zero-order valence-corrected chi connectivity index (χ0v) is 12.4. The highest BCUT2D eigenvalue weighted by molar-refractivity contribution is 4.85. The van der Waals surface area contributed by atoms with Gasteiger partial charge in [-0.05, 0) is 38.1 Å². The molecule has 0 heterocycles. The molecular formula is C15H31NO2. The SMILES string of the molecule is CCCNC1CCC(CCC)CC1OCCOC. The van der Waals surface area contributed by atoms with Crippen LogP contribution in [0, 0.1) is 5.92 Å². The lowest BCUT2D eigenvalue weighted by atomic mass is 9.81. The number of hydrogen-bond donors (Lipinski definition) is 1. The van der Waals surface area contributed by atoms with E-state index in [1.165, 1.54) is 38.5 Å². The average molecular weight is 257 g/mol. The summed E-state index contributed by atoms with van der Waals surface area (Å²) in [5.41, 5.74) is 0. The molecule has 0 aliphatic heterocycles. The van der Waals surface area contributed by atoms with Gasteiger partial charge in [-0.3, -0.25) is 0 Å². The second-order valence-electron chi connectivity index (χ2n) is 5.43. The van der Waals surface area contributed by atoms with Crippen LogP contribution >= 0.6 is 0 Å². The molecule has 1 fully saturated rings. The molecule has 0 aromatic carbocycles. The monoisotopic (exact) mass is 257 g/mol. The summed E-state index contributed by atoms with van der Waals surface area (Å²) in [6.45, 7) is 7.03. The van der Waals surface area contributed by atoms with E-state index in [0.29, 0.717) is 18.8 Å². The summed E-state index contributed by atoms with van der Waals surface area (Å²) in [4.78, 5) is 0. The molecule has 1 N–H and O–H groups in total. The van der Waals surface area contributed by atoms with Crippen LogP contribution in [0.4, 0.5) is 0 Å². The molecule has 18 heavy (non-hydrogen) atoms. The van der Waals surface area contributed by atoms with Gasteiger partial charge in [0.05, 0.1) is 19.3 Å². The van der Waals surface area contributed by atoms with Crippen LogP contribution in [0.15, 0.2) is 0 Å². The quantitative estimate of drug-likeness (QED) is 0.644. The van der Waals surface area contributed by atoms with Crippen molar-refractivity contribution in [3.05, 3.63) is 0 Å². The molecule has 0 bridgehead atoms. The lowest BCUT2D eigenvalue weighted by Gasteiger charge is -2.36. The summed E-state index contributed by atoms with van der Waals surface area (Å²) in [6, 6.07) is 0.551. The molecule has 3 atom stereocenters.